The quantitative estimate of drug-likeness (QED) is 0.898. The number of para-hydroxylation sites is 1. The summed E-state index contributed by atoms with van der Waals surface area (Å²) in [6.07, 6.45) is 4.67. The summed E-state index contributed by atoms with van der Waals surface area (Å²) in [5.74, 6) is 1.32. The van der Waals surface area contributed by atoms with Crippen LogP contribution in [-0.2, 0) is 9.59 Å². The third-order valence-corrected chi connectivity index (χ3v) is 5.24. The highest BCUT2D eigenvalue weighted by atomic mass is 16.2. The first-order valence-electron chi connectivity index (χ1n) is 8.18. The van der Waals surface area contributed by atoms with Gasteiger partial charge in [0, 0.05) is 11.6 Å². The Morgan fingerprint density at radius 3 is 2.45 bits per heavy atom. The minimum atomic E-state index is -0.158. The first-order valence-corrected chi connectivity index (χ1v) is 8.18. The van der Waals surface area contributed by atoms with Crippen LogP contribution in [0.2, 0.25) is 0 Å². The van der Waals surface area contributed by atoms with E-state index >= 15 is 0 Å². The summed E-state index contributed by atoms with van der Waals surface area (Å²) in [5, 5.41) is 5.72. The van der Waals surface area contributed by atoms with E-state index in [0.29, 0.717) is 5.92 Å². The summed E-state index contributed by atoms with van der Waals surface area (Å²) < 4.78 is 0. The molecule has 4 heteroatoms. The fourth-order valence-electron chi connectivity index (χ4n) is 4.06. The minimum absolute atomic E-state index is 0.0560. The Labute approximate surface area is 131 Å². The number of nitrogens with one attached hydrogen (secondary N) is 2. The highest BCUT2D eigenvalue weighted by Gasteiger charge is 2.42. The monoisotopic (exact) mass is 300 g/mol. The van der Waals surface area contributed by atoms with Gasteiger partial charge < -0.3 is 10.6 Å². The average Bonchev–Trinajstić information content (AvgIpc) is 3.11. The van der Waals surface area contributed by atoms with Crippen LogP contribution < -0.4 is 10.6 Å². The number of rotatable bonds is 4. The number of carbonyl (C=O) groups is 2. The molecule has 1 aromatic rings. The lowest BCUT2D eigenvalue weighted by atomic mass is 9.88. The molecule has 0 aliphatic heterocycles. The van der Waals surface area contributed by atoms with Crippen LogP contribution in [0.4, 0.5) is 5.69 Å². The van der Waals surface area contributed by atoms with E-state index in [1.807, 2.05) is 32.0 Å². The van der Waals surface area contributed by atoms with Gasteiger partial charge >= 0.3 is 0 Å². The van der Waals surface area contributed by atoms with Crippen molar-refractivity contribution in [2.45, 2.75) is 39.5 Å². The largest absolute Gasteiger partial charge is 0.347 e. The number of hydrogen-bond donors (Lipinski definition) is 2. The van der Waals surface area contributed by atoms with E-state index < -0.39 is 0 Å². The number of hydrogen-bond acceptors (Lipinski definition) is 2. The standard InChI is InChI=1S/C18H24N2O2/c1-11-4-3-5-12(2)17(11)20-16(21)10-19-18(22)15-9-13-6-7-14(15)8-13/h3-5,13-15H,6-10H2,1-2H3,(H,19,22)(H,20,21). The number of fused-ring (bicyclic) bond motifs is 2. The van der Waals surface area contributed by atoms with Crippen molar-refractivity contribution in [3.8, 4) is 0 Å². The van der Waals surface area contributed by atoms with Gasteiger partial charge in [0.05, 0.1) is 6.54 Å². The molecule has 2 saturated carbocycles. The number of benzene rings is 1. The average molecular weight is 300 g/mol. The molecule has 3 atom stereocenters. The molecule has 2 fully saturated rings. The van der Waals surface area contributed by atoms with Crippen LogP contribution in [0.3, 0.4) is 0 Å². The lowest BCUT2D eigenvalue weighted by Gasteiger charge is -2.20. The lowest BCUT2D eigenvalue weighted by molar-refractivity contribution is -0.128. The molecule has 4 nitrogen and oxygen atoms in total. The summed E-state index contributed by atoms with van der Waals surface area (Å²) in [6.45, 7) is 3.99. The second-order valence-corrected chi connectivity index (χ2v) is 6.81. The van der Waals surface area contributed by atoms with E-state index in [1.165, 1.54) is 19.3 Å². The molecule has 0 heterocycles. The number of amides is 2. The second kappa shape index (κ2) is 6.11. The second-order valence-electron chi connectivity index (χ2n) is 6.81. The van der Waals surface area contributed by atoms with Gasteiger partial charge in [0.2, 0.25) is 11.8 Å². The van der Waals surface area contributed by atoms with Gasteiger partial charge in [-0.15, -0.1) is 0 Å². The third-order valence-electron chi connectivity index (χ3n) is 5.24. The van der Waals surface area contributed by atoms with E-state index in [1.54, 1.807) is 0 Å². The normalized spacial score (nSPS) is 26.0. The smallest absolute Gasteiger partial charge is 0.243 e. The zero-order valence-corrected chi connectivity index (χ0v) is 13.3. The Hall–Kier alpha value is -1.84. The van der Waals surface area contributed by atoms with Gasteiger partial charge in [0.15, 0.2) is 0 Å². The lowest BCUT2D eigenvalue weighted by Crippen LogP contribution is -2.38. The summed E-state index contributed by atoms with van der Waals surface area (Å²) in [6, 6.07) is 5.91. The van der Waals surface area contributed by atoms with Crippen LogP contribution in [0.1, 0.15) is 36.8 Å². The van der Waals surface area contributed by atoms with Crippen LogP contribution in [0.15, 0.2) is 18.2 Å². The van der Waals surface area contributed by atoms with E-state index in [0.717, 1.165) is 29.2 Å². The van der Waals surface area contributed by atoms with Crippen molar-refractivity contribution in [1.82, 2.24) is 5.32 Å². The van der Waals surface area contributed by atoms with Crippen molar-refractivity contribution in [2.75, 3.05) is 11.9 Å². The molecule has 118 valence electrons. The predicted molar refractivity (Wildman–Crippen MR) is 86.5 cm³/mol. The molecule has 2 N–H and O–H groups in total. The van der Waals surface area contributed by atoms with E-state index in [4.69, 9.17) is 0 Å². The summed E-state index contributed by atoms with van der Waals surface area (Å²) in [5.41, 5.74) is 2.92. The van der Waals surface area contributed by atoms with Gasteiger partial charge in [0.25, 0.3) is 0 Å². The maximum Gasteiger partial charge on any atom is 0.243 e. The molecule has 2 aliphatic carbocycles. The Morgan fingerprint density at radius 2 is 1.86 bits per heavy atom. The molecular formula is C18H24N2O2. The molecule has 3 unspecified atom stereocenters. The van der Waals surface area contributed by atoms with Gasteiger partial charge in [-0.2, -0.15) is 0 Å². The molecule has 0 spiro atoms. The molecule has 1 aromatic carbocycles. The fraction of sp³-hybridized carbons (Fsp3) is 0.556. The number of carbonyl (C=O) groups excluding carboxylic acids is 2. The maximum atomic E-state index is 12.2. The molecule has 2 bridgehead atoms. The first kappa shape index (κ1) is 15.1. The van der Waals surface area contributed by atoms with E-state index in [2.05, 4.69) is 10.6 Å². The molecule has 2 amide bonds. The summed E-state index contributed by atoms with van der Waals surface area (Å²) in [7, 11) is 0. The van der Waals surface area contributed by atoms with Gasteiger partial charge in [0.1, 0.15) is 0 Å². The van der Waals surface area contributed by atoms with Crippen molar-refractivity contribution in [3.05, 3.63) is 29.3 Å². The zero-order valence-electron chi connectivity index (χ0n) is 13.3. The molecule has 0 radical (unpaired) electrons. The fourth-order valence-corrected chi connectivity index (χ4v) is 4.06. The number of anilines is 1. The highest BCUT2D eigenvalue weighted by molar-refractivity contribution is 5.96. The van der Waals surface area contributed by atoms with Crippen LogP contribution >= 0.6 is 0 Å². The zero-order chi connectivity index (χ0) is 15.7. The predicted octanol–water partition coefficient (Wildman–Crippen LogP) is 2.79. The van der Waals surface area contributed by atoms with Crippen molar-refractivity contribution in [1.29, 1.82) is 0 Å². The maximum absolute atomic E-state index is 12.2. The molecule has 0 saturated heterocycles. The van der Waals surface area contributed by atoms with Crippen LogP contribution in [0, 0.1) is 31.6 Å². The van der Waals surface area contributed by atoms with Crippen molar-refractivity contribution in [3.63, 3.8) is 0 Å². The summed E-state index contributed by atoms with van der Waals surface area (Å²) in [4.78, 5) is 24.3. The Kier molecular flexibility index (Phi) is 4.19. The Bertz CT molecular complexity index is 576. The van der Waals surface area contributed by atoms with E-state index in [-0.39, 0.29) is 24.3 Å². The van der Waals surface area contributed by atoms with Crippen molar-refractivity contribution < 1.29 is 9.59 Å². The van der Waals surface area contributed by atoms with E-state index in [9.17, 15) is 9.59 Å². The van der Waals surface area contributed by atoms with Crippen LogP contribution in [0.25, 0.3) is 0 Å². The van der Waals surface area contributed by atoms with Gasteiger partial charge in [-0.05, 0) is 56.1 Å². The Balaban J connectivity index is 1.51. The third kappa shape index (κ3) is 3.01. The van der Waals surface area contributed by atoms with Gasteiger partial charge in [-0.25, -0.2) is 0 Å². The molecular weight excluding hydrogens is 276 g/mol. The Morgan fingerprint density at radius 1 is 1.14 bits per heavy atom. The van der Waals surface area contributed by atoms with Crippen molar-refractivity contribution in [2.24, 2.45) is 17.8 Å². The highest BCUT2D eigenvalue weighted by Crippen LogP contribution is 2.48. The summed E-state index contributed by atoms with van der Waals surface area (Å²) >= 11 is 0. The first-order chi connectivity index (χ1) is 10.5. The van der Waals surface area contributed by atoms with Crippen LogP contribution in [-0.4, -0.2) is 18.4 Å². The number of aryl methyl sites for hydroxylation is 2. The molecule has 2 aliphatic rings. The minimum Gasteiger partial charge on any atom is -0.347 e. The SMILES string of the molecule is Cc1cccc(C)c1NC(=O)CNC(=O)C1CC2CCC1C2. The van der Waals surface area contributed by atoms with Gasteiger partial charge in [-0.3, -0.25) is 9.59 Å². The molecule has 3 rings (SSSR count). The van der Waals surface area contributed by atoms with Gasteiger partial charge in [-0.1, -0.05) is 24.6 Å². The molecule has 22 heavy (non-hydrogen) atoms. The van der Waals surface area contributed by atoms with Crippen LogP contribution in [0.5, 0.6) is 0 Å². The molecule has 0 aromatic heterocycles. The van der Waals surface area contributed by atoms with Crippen molar-refractivity contribution >= 4 is 17.5 Å². The topological polar surface area (TPSA) is 58.2 Å².